The summed E-state index contributed by atoms with van der Waals surface area (Å²) < 4.78 is 30.5. The van der Waals surface area contributed by atoms with Crippen LogP contribution in [0.1, 0.15) is 12.0 Å². The summed E-state index contributed by atoms with van der Waals surface area (Å²) in [6.07, 6.45) is 1.22. The Labute approximate surface area is 81.1 Å². The van der Waals surface area contributed by atoms with E-state index in [2.05, 4.69) is 0 Å². The minimum atomic E-state index is -0.919. The minimum absolute atomic E-state index is 0.523. The van der Waals surface area contributed by atoms with Crippen molar-refractivity contribution in [3.8, 4) is 5.75 Å². The van der Waals surface area contributed by atoms with Crippen LogP contribution in [-0.2, 0) is 11.2 Å². The molecule has 0 radical (unpaired) electrons. The molecule has 1 N–H and O–H groups in total. The predicted molar refractivity (Wildman–Crippen MR) is 48.2 cm³/mol. The molecule has 0 spiro atoms. The Morgan fingerprint density at radius 1 is 1.29 bits per heavy atom. The maximum absolute atomic E-state index is 12.8. The summed E-state index contributed by atoms with van der Waals surface area (Å²) in [7, 11) is 1.57. The van der Waals surface area contributed by atoms with Crippen molar-refractivity contribution in [2.75, 3.05) is 13.7 Å². The van der Waals surface area contributed by atoms with Gasteiger partial charge in [-0.15, -0.1) is 0 Å². The second-order valence-corrected chi connectivity index (χ2v) is 3.00. The first-order chi connectivity index (χ1) is 6.65. The molecule has 0 aliphatic rings. The summed E-state index contributed by atoms with van der Waals surface area (Å²) in [5.41, 5.74) is 0.523. The molecule has 78 valence electrons. The van der Waals surface area contributed by atoms with E-state index in [0.717, 1.165) is 12.1 Å². The Balaban J connectivity index is 2.69. The first kappa shape index (κ1) is 10.9. The lowest BCUT2D eigenvalue weighted by atomic mass is 10.1. The summed E-state index contributed by atoms with van der Waals surface area (Å²) in [5, 5.41) is 8.83. The molecule has 0 fully saturated rings. The Bertz CT molecular complexity index is 290. The second kappa shape index (κ2) is 4.91. The van der Waals surface area contributed by atoms with E-state index in [0.29, 0.717) is 25.0 Å². The molecule has 0 amide bonds. The van der Waals surface area contributed by atoms with Crippen LogP contribution in [0.25, 0.3) is 0 Å². The van der Waals surface area contributed by atoms with Gasteiger partial charge in [0.1, 0.15) is 0 Å². The van der Waals surface area contributed by atoms with Crippen LogP contribution in [0.15, 0.2) is 12.1 Å². The van der Waals surface area contributed by atoms with Crippen LogP contribution < -0.4 is 0 Å². The van der Waals surface area contributed by atoms with Crippen LogP contribution in [0.5, 0.6) is 5.75 Å². The van der Waals surface area contributed by atoms with Gasteiger partial charge >= 0.3 is 0 Å². The molecule has 0 bridgehead atoms. The predicted octanol–water partition coefficient (Wildman–Crippen LogP) is 2.25. The number of halogens is 2. The molecule has 0 heterocycles. The van der Waals surface area contributed by atoms with E-state index in [1.54, 1.807) is 7.11 Å². The lowest BCUT2D eigenvalue weighted by molar-refractivity contribution is 0.195. The molecule has 0 aromatic heterocycles. The molecular formula is C10H12F2O2. The van der Waals surface area contributed by atoms with Crippen LogP contribution in [0, 0.1) is 11.6 Å². The molecule has 0 atom stereocenters. The number of benzene rings is 1. The van der Waals surface area contributed by atoms with E-state index in [-0.39, 0.29) is 0 Å². The van der Waals surface area contributed by atoms with Gasteiger partial charge in [-0.25, -0.2) is 8.78 Å². The first-order valence-electron chi connectivity index (χ1n) is 4.31. The van der Waals surface area contributed by atoms with Crippen molar-refractivity contribution in [2.45, 2.75) is 12.8 Å². The summed E-state index contributed by atoms with van der Waals surface area (Å²) in [6.45, 7) is 0.546. The van der Waals surface area contributed by atoms with Crippen molar-refractivity contribution in [3.63, 3.8) is 0 Å². The third kappa shape index (κ3) is 2.67. The van der Waals surface area contributed by atoms with E-state index in [1.807, 2.05) is 0 Å². The van der Waals surface area contributed by atoms with E-state index in [9.17, 15) is 8.78 Å². The van der Waals surface area contributed by atoms with Gasteiger partial charge in [-0.1, -0.05) is 0 Å². The van der Waals surface area contributed by atoms with Gasteiger partial charge in [0.05, 0.1) is 0 Å². The molecular weight excluding hydrogens is 190 g/mol. The monoisotopic (exact) mass is 202 g/mol. The number of hydrogen-bond acceptors (Lipinski definition) is 2. The summed E-state index contributed by atoms with van der Waals surface area (Å²) in [4.78, 5) is 0. The molecule has 0 saturated carbocycles. The average Bonchev–Trinajstić information content (AvgIpc) is 2.14. The van der Waals surface area contributed by atoms with Gasteiger partial charge < -0.3 is 9.84 Å². The Morgan fingerprint density at radius 2 is 1.86 bits per heavy atom. The number of methoxy groups -OCH3 is 1. The molecule has 1 aromatic carbocycles. The molecule has 1 aromatic rings. The molecule has 2 nitrogen and oxygen atoms in total. The van der Waals surface area contributed by atoms with Crippen molar-refractivity contribution in [2.24, 2.45) is 0 Å². The lowest BCUT2D eigenvalue weighted by Gasteiger charge is -2.03. The fourth-order valence-electron chi connectivity index (χ4n) is 1.18. The fourth-order valence-corrected chi connectivity index (χ4v) is 1.18. The Morgan fingerprint density at radius 3 is 2.36 bits per heavy atom. The van der Waals surface area contributed by atoms with E-state index in [1.165, 1.54) is 0 Å². The number of rotatable bonds is 4. The first-order valence-corrected chi connectivity index (χ1v) is 4.31. The zero-order chi connectivity index (χ0) is 10.6. The largest absolute Gasteiger partial charge is 0.503 e. The van der Waals surface area contributed by atoms with E-state index >= 15 is 0 Å². The third-order valence-electron chi connectivity index (χ3n) is 1.89. The number of aromatic hydroxyl groups is 1. The van der Waals surface area contributed by atoms with Gasteiger partial charge in [0, 0.05) is 13.7 Å². The average molecular weight is 202 g/mol. The molecule has 1 rings (SSSR count). The number of phenols is 1. The van der Waals surface area contributed by atoms with Crippen molar-refractivity contribution in [1.29, 1.82) is 0 Å². The zero-order valence-electron chi connectivity index (χ0n) is 7.89. The normalized spacial score (nSPS) is 10.5. The standard InChI is InChI=1S/C10H12F2O2/c1-14-4-2-3-7-5-8(11)10(13)9(12)6-7/h5-6,13H,2-4H2,1H3. The molecule has 0 aliphatic heterocycles. The Kier molecular flexibility index (Phi) is 3.83. The topological polar surface area (TPSA) is 29.5 Å². The number of ether oxygens (including phenoxy) is 1. The zero-order valence-corrected chi connectivity index (χ0v) is 7.89. The van der Waals surface area contributed by atoms with Crippen LogP contribution in [-0.4, -0.2) is 18.8 Å². The maximum Gasteiger partial charge on any atom is 0.187 e. The second-order valence-electron chi connectivity index (χ2n) is 3.00. The highest BCUT2D eigenvalue weighted by Gasteiger charge is 2.08. The van der Waals surface area contributed by atoms with Gasteiger partial charge in [0.2, 0.25) is 0 Å². The molecule has 4 heteroatoms. The summed E-state index contributed by atoms with van der Waals surface area (Å²) >= 11 is 0. The van der Waals surface area contributed by atoms with E-state index in [4.69, 9.17) is 9.84 Å². The SMILES string of the molecule is COCCCc1cc(F)c(O)c(F)c1. The highest BCUT2D eigenvalue weighted by atomic mass is 19.1. The van der Waals surface area contributed by atoms with Crippen molar-refractivity contribution < 1.29 is 18.6 Å². The third-order valence-corrected chi connectivity index (χ3v) is 1.89. The Hall–Kier alpha value is -1.16. The quantitative estimate of drug-likeness (QED) is 0.759. The summed E-state index contributed by atoms with van der Waals surface area (Å²) in [6, 6.07) is 2.27. The highest BCUT2D eigenvalue weighted by Crippen LogP contribution is 2.21. The molecule has 0 aliphatic carbocycles. The fraction of sp³-hybridized carbons (Fsp3) is 0.400. The smallest absolute Gasteiger partial charge is 0.187 e. The summed E-state index contributed by atoms with van der Waals surface area (Å²) in [5.74, 6) is -2.75. The van der Waals surface area contributed by atoms with Crippen LogP contribution >= 0.6 is 0 Å². The highest BCUT2D eigenvalue weighted by molar-refractivity contribution is 5.30. The molecule has 0 unspecified atom stereocenters. The van der Waals surface area contributed by atoms with Crippen LogP contribution in [0.4, 0.5) is 8.78 Å². The lowest BCUT2D eigenvalue weighted by Crippen LogP contribution is -1.94. The van der Waals surface area contributed by atoms with Crippen molar-refractivity contribution in [3.05, 3.63) is 29.3 Å². The van der Waals surface area contributed by atoms with Crippen molar-refractivity contribution in [1.82, 2.24) is 0 Å². The van der Waals surface area contributed by atoms with Gasteiger partial charge in [-0.2, -0.15) is 0 Å². The molecule has 0 saturated heterocycles. The van der Waals surface area contributed by atoms with Gasteiger partial charge in [-0.3, -0.25) is 0 Å². The maximum atomic E-state index is 12.8. The minimum Gasteiger partial charge on any atom is -0.503 e. The molecule has 14 heavy (non-hydrogen) atoms. The van der Waals surface area contributed by atoms with Crippen molar-refractivity contribution >= 4 is 0 Å². The number of phenolic OH excluding ortho intramolecular Hbond substituents is 1. The number of hydrogen-bond donors (Lipinski definition) is 1. The van der Waals surface area contributed by atoms with Gasteiger partial charge in [0.15, 0.2) is 17.4 Å². The van der Waals surface area contributed by atoms with Gasteiger partial charge in [-0.05, 0) is 30.5 Å². The number of aryl methyl sites for hydroxylation is 1. The van der Waals surface area contributed by atoms with Crippen LogP contribution in [0.2, 0.25) is 0 Å². The van der Waals surface area contributed by atoms with Crippen LogP contribution in [0.3, 0.4) is 0 Å². The van der Waals surface area contributed by atoms with E-state index < -0.39 is 17.4 Å². The van der Waals surface area contributed by atoms with Gasteiger partial charge in [0.25, 0.3) is 0 Å².